The van der Waals surface area contributed by atoms with Crippen molar-refractivity contribution in [1.82, 2.24) is 5.32 Å². The number of hydrogen-bond donors (Lipinski definition) is 3. The van der Waals surface area contributed by atoms with Gasteiger partial charge in [-0.2, -0.15) is 0 Å². The van der Waals surface area contributed by atoms with Crippen molar-refractivity contribution in [2.24, 2.45) is 0 Å². The largest absolute Gasteiger partial charge is 0.497 e. The zero-order valence-corrected chi connectivity index (χ0v) is 12.3. The third-order valence-corrected chi connectivity index (χ3v) is 2.84. The molecular formula is C14H20N2O5. The molecule has 0 aliphatic heterocycles. The third kappa shape index (κ3) is 4.87. The summed E-state index contributed by atoms with van der Waals surface area (Å²) in [7, 11) is 2.99. The van der Waals surface area contributed by atoms with Crippen molar-refractivity contribution in [1.29, 1.82) is 0 Å². The quantitative estimate of drug-likeness (QED) is 0.715. The van der Waals surface area contributed by atoms with Gasteiger partial charge in [0, 0.05) is 6.07 Å². The summed E-state index contributed by atoms with van der Waals surface area (Å²) in [5.74, 6) is -0.0484. The lowest BCUT2D eigenvalue weighted by Gasteiger charge is -2.16. The Kier molecular flexibility index (Phi) is 6.32. The van der Waals surface area contributed by atoms with Gasteiger partial charge in [0.05, 0.1) is 19.9 Å². The molecule has 0 bridgehead atoms. The molecule has 0 saturated heterocycles. The van der Waals surface area contributed by atoms with Gasteiger partial charge in [-0.15, -0.1) is 0 Å². The monoisotopic (exact) mass is 296 g/mol. The van der Waals surface area contributed by atoms with Crippen molar-refractivity contribution in [3.8, 4) is 11.5 Å². The molecule has 0 saturated carbocycles. The van der Waals surface area contributed by atoms with E-state index in [4.69, 9.17) is 14.6 Å². The van der Waals surface area contributed by atoms with Gasteiger partial charge in [0.15, 0.2) is 0 Å². The average Bonchev–Trinajstić information content (AvgIpc) is 2.47. The Bertz CT molecular complexity index is 504. The number of carboxylic acids is 1. The number of carboxylic acid groups (broad SMARTS) is 1. The summed E-state index contributed by atoms with van der Waals surface area (Å²) in [5.41, 5.74) is 0.427. The van der Waals surface area contributed by atoms with Gasteiger partial charge in [0.25, 0.3) is 0 Å². The molecule has 0 aliphatic rings. The second-order valence-corrected chi connectivity index (χ2v) is 4.34. The van der Waals surface area contributed by atoms with Crippen LogP contribution in [0.3, 0.4) is 0 Å². The average molecular weight is 296 g/mol. The smallest absolute Gasteiger partial charge is 0.326 e. The number of anilines is 1. The van der Waals surface area contributed by atoms with Crippen LogP contribution in [0.1, 0.15) is 19.8 Å². The summed E-state index contributed by atoms with van der Waals surface area (Å²) >= 11 is 0. The molecule has 0 fully saturated rings. The number of nitrogens with one attached hydrogen (secondary N) is 2. The summed E-state index contributed by atoms with van der Waals surface area (Å²) in [6.45, 7) is 1.85. The summed E-state index contributed by atoms with van der Waals surface area (Å²) < 4.78 is 10.2. The molecule has 1 atom stereocenters. The minimum atomic E-state index is -1.06. The number of aliphatic carboxylic acids is 1. The van der Waals surface area contributed by atoms with E-state index in [1.807, 2.05) is 6.92 Å². The molecule has 1 aromatic carbocycles. The Labute approximate surface area is 123 Å². The number of ether oxygens (including phenoxy) is 2. The number of rotatable bonds is 7. The third-order valence-electron chi connectivity index (χ3n) is 2.84. The van der Waals surface area contributed by atoms with Crippen LogP contribution in [0.5, 0.6) is 11.5 Å². The van der Waals surface area contributed by atoms with Crippen LogP contribution < -0.4 is 20.1 Å². The zero-order valence-electron chi connectivity index (χ0n) is 12.3. The molecule has 1 aromatic rings. The van der Waals surface area contributed by atoms with Crippen molar-refractivity contribution in [3.05, 3.63) is 18.2 Å². The van der Waals surface area contributed by atoms with Crippen molar-refractivity contribution in [2.75, 3.05) is 19.5 Å². The van der Waals surface area contributed by atoms with Gasteiger partial charge in [-0.3, -0.25) is 0 Å². The van der Waals surface area contributed by atoms with E-state index in [1.165, 1.54) is 14.2 Å². The van der Waals surface area contributed by atoms with Gasteiger partial charge < -0.3 is 25.2 Å². The molecule has 3 N–H and O–H groups in total. The first kappa shape index (κ1) is 16.6. The Morgan fingerprint density at radius 1 is 1.29 bits per heavy atom. The van der Waals surface area contributed by atoms with Crippen molar-refractivity contribution >= 4 is 17.7 Å². The van der Waals surface area contributed by atoms with E-state index in [1.54, 1.807) is 18.2 Å². The molecule has 0 radical (unpaired) electrons. The van der Waals surface area contributed by atoms with Crippen molar-refractivity contribution in [3.63, 3.8) is 0 Å². The highest BCUT2D eigenvalue weighted by molar-refractivity contribution is 5.93. The molecule has 0 unspecified atom stereocenters. The number of urea groups is 1. The van der Waals surface area contributed by atoms with Gasteiger partial charge in [-0.1, -0.05) is 13.3 Å². The SMILES string of the molecule is CCC[C@@H](NC(=O)Nc1ccc(OC)cc1OC)C(=O)O. The summed E-state index contributed by atoms with van der Waals surface area (Å²) in [5, 5.41) is 14.0. The minimum Gasteiger partial charge on any atom is -0.497 e. The fourth-order valence-electron chi connectivity index (χ4n) is 1.76. The lowest BCUT2D eigenvalue weighted by Crippen LogP contribution is -2.42. The summed E-state index contributed by atoms with van der Waals surface area (Å²) in [6, 6.07) is 3.39. The van der Waals surface area contributed by atoms with Crippen LogP contribution in [-0.4, -0.2) is 37.4 Å². The first-order valence-electron chi connectivity index (χ1n) is 6.54. The predicted molar refractivity (Wildman–Crippen MR) is 78.0 cm³/mol. The van der Waals surface area contributed by atoms with Crippen LogP contribution in [0, 0.1) is 0 Å². The highest BCUT2D eigenvalue weighted by atomic mass is 16.5. The maximum atomic E-state index is 11.9. The topological polar surface area (TPSA) is 96.9 Å². The second-order valence-electron chi connectivity index (χ2n) is 4.34. The maximum absolute atomic E-state index is 11.9. The number of carbonyl (C=O) groups is 2. The molecule has 0 aliphatic carbocycles. The fourth-order valence-corrected chi connectivity index (χ4v) is 1.76. The van der Waals surface area contributed by atoms with Crippen LogP contribution >= 0.6 is 0 Å². The number of hydrogen-bond acceptors (Lipinski definition) is 4. The number of methoxy groups -OCH3 is 2. The van der Waals surface area contributed by atoms with Crippen LogP contribution in [0.15, 0.2) is 18.2 Å². The highest BCUT2D eigenvalue weighted by Crippen LogP contribution is 2.28. The molecule has 0 aromatic heterocycles. The first-order valence-corrected chi connectivity index (χ1v) is 6.54. The Hall–Kier alpha value is -2.44. The summed E-state index contributed by atoms with van der Waals surface area (Å²) in [4.78, 5) is 22.9. The highest BCUT2D eigenvalue weighted by Gasteiger charge is 2.19. The summed E-state index contributed by atoms with van der Waals surface area (Å²) in [6.07, 6.45) is 1.02. The first-order chi connectivity index (χ1) is 10.0. The Morgan fingerprint density at radius 2 is 2.00 bits per heavy atom. The van der Waals surface area contributed by atoms with E-state index < -0.39 is 18.0 Å². The molecule has 1 rings (SSSR count). The van der Waals surface area contributed by atoms with Gasteiger partial charge in [-0.25, -0.2) is 9.59 Å². The number of carbonyl (C=O) groups excluding carboxylic acids is 1. The molecule has 116 valence electrons. The van der Waals surface area contributed by atoms with E-state index >= 15 is 0 Å². The van der Waals surface area contributed by atoms with Gasteiger partial charge in [0.2, 0.25) is 0 Å². The van der Waals surface area contributed by atoms with Crippen molar-refractivity contribution in [2.45, 2.75) is 25.8 Å². The number of amides is 2. The van der Waals surface area contributed by atoms with Crippen LogP contribution in [-0.2, 0) is 4.79 Å². The molecule has 21 heavy (non-hydrogen) atoms. The lowest BCUT2D eigenvalue weighted by atomic mass is 10.2. The van der Waals surface area contributed by atoms with E-state index in [2.05, 4.69) is 10.6 Å². The van der Waals surface area contributed by atoms with Crippen LogP contribution in [0.25, 0.3) is 0 Å². The van der Waals surface area contributed by atoms with E-state index in [0.29, 0.717) is 30.0 Å². The van der Waals surface area contributed by atoms with Crippen LogP contribution in [0.2, 0.25) is 0 Å². The van der Waals surface area contributed by atoms with E-state index in [-0.39, 0.29) is 0 Å². The van der Waals surface area contributed by atoms with Gasteiger partial charge in [-0.05, 0) is 18.6 Å². The predicted octanol–water partition coefficient (Wildman–Crippen LogP) is 2.08. The molecule has 7 heteroatoms. The number of benzene rings is 1. The standard InChI is InChI=1S/C14H20N2O5/c1-4-5-11(13(17)18)16-14(19)15-10-7-6-9(20-2)8-12(10)21-3/h6-8,11H,4-5H2,1-3H3,(H,17,18)(H2,15,16,19)/t11-/m1/s1. The van der Waals surface area contributed by atoms with Crippen molar-refractivity contribution < 1.29 is 24.2 Å². The van der Waals surface area contributed by atoms with Gasteiger partial charge in [0.1, 0.15) is 17.5 Å². The second kappa shape index (κ2) is 7.98. The fraction of sp³-hybridized carbons (Fsp3) is 0.429. The minimum absolute atomic E-state index is 0.364. The molecule has 7 nitrogen and oxygen atoms in total. The molecule has 0 spiro atoms. The molecule has 2 amide bonds. The maximum Gasteiger partial charge on any atom is 0.326 e. The van der Waals surface area contributed by atoms with Crippen LogP contribution in [0.4, 0.5) is 10.5 Å². The normalized spacial score (nSPS) is 11.4. The molecular weight excluding hydrogens is 276 g/mol. The zero-order chi connectivity index (χ0) is 15.8. The lowest BCUT2D eigenvalue weighted by molar-refractivity contribution is -0.139. The van der Waals surface area contributed by atoms with E-state index in [9.17, 15) is 9.59 Å². The molecule has 0 heterocycles. The Morgan fingerprint density at radius 3 is 2.52 bits per heavy atom. The van der Waals surface area contributed by atoms with E-state index in [0.717, 1.165) is 0 Å². The Balaban J connectivity index is 2.76. The van der Waals surface area contributed by atoms with Gasteiger partial charge >= 0.3 is 12.0 Å².